The Morgan fingerprint density at radius 3 is 2.50 bits per heavy atom. The summed E-state index contributed by atoms with van der Waals surface area (Å²) in [6.45, 7) is 0.570. The van der Waals surface area contributed by atoms with Gasteiger partial charge in [0.1, 0.15) is 11.5 Å². The summed E-state index contributed by atoms with van der Waals surface area (Å²) in [4.78, 5) is 31.5. The molecule has 6 rings (SSSR count). The molecule has 3 aromatic rings. The summed E-state index contributed by atoms with van der Waals surface area (Å²) in [5, 5.41) is 3.23. The molecule has 5 heterocycles. The molecule has 0 aromatic carbocycles. The predicted octanol–water partition coefficient (Wildman–Crippen LogP) is 4.20. The van der Waals surface area contributed by atoms with Gasteiger partial charge in [-0.25, -0.2) is 19.3 Å². The smallest absolute Gasteiger partial charge is 0.365 e. The van der Waals surface area contributed by atoms with Crippen molar-refractivity contribution in [2.45, 2.75) is 37.5 Å². The number of carbonyl (C=O) groups excluding carboxylic acids is 1. The zero-order valence-electron chi connectivity index (χ0n) is 17.8. The van der Waals surface area contributed by atoms with E-state index in [0.717, 1.165) is 43.9 Å². The van der Waals surface area contributed by atoms with Gasteiger partial charge in [0.25, 0.3) is 5.91 Å². The fourth-order valence-corrected chi connectivity index (χ4v) is 4.77. The van der Waals surface area contributed by atoms with Crippen LogP contribution in [0.3, 0.4) is 0 Å². The first kappa shape index (κ1) is 22.2. The van der Waals surface area contributed by atoms with Gasteiger partial charge in [0.05, 0.1) is 29.6 Å². The number of carbonyl (C=O) groups is 1. The Morgan fingerprint density at radius 2 is 1.82 bits per heavy atom. The van der Waals surface area contributed by atoms with E-state index in [1.165, 1.54) is 12.3 Å². The lowest BCUT2D eigenvalue weighted by atomic mass is 9.76. The fourth-order valence-electron chi connectivity index (χ4n) is 4.77. The van der Waals surface area contributed by atoms with Gasteiger partial charge in [0, 0.05) is 25.0 Å². The molecule has 11 heteroatoms. The first-order valence-electron chi connectivity index (χ1n) is 10.8. The summed E-state index contributed by atoms with van der Waals surface area (Å²) in [6, 6.07) is 5.27. The molecule has 1 amide bonds. The number of hydrogen-bond acceptors (Lipinski definition) is 6. The van der Waals surface area contributed by atoms with Crippen LogP contribution in [-0.2, 0) is 6.18 Å². The zero-order valence-corrected chi connectivity index (χ0v) is 17.8. The molecular formula is C23H20F4N6O. The molecule has 176 valence electrons. The highest BCUT2D eigenvalue weighted by atomic mass is 19.4. The summed E-state index contributed by atoms with van der Waals surface area (Å²) in [5.74, 6) is -0.0942. The molecule has 34 heavy (non-hydrogen) atoms. The van der Waals surface area contributed by atoms with Crippen LogP contribution >= 0.6 is 0 Å². The molecule has 0 spiro atoms. The highest BCUT2D eigenvalue weighted by molar-refractivity contribution is 5.99. The lowest BCUT2D eigenvalue weighted by Gasteiger charge is -2.50. The first-order valence-corrected chi connectivity index (χ1v) is 10.8. The molecule has 1 saturated carbocycles. The Kier molecular flexibility index (Phi) is 5.62. The van der Waals surface area contributed by atoms with Crippen LogP contribution in [0.5, 0.6) is 0 Å². The molecule has 3 atom stereocenters. The van der Waals surface area contributed by atoms with Gasteiger partial charge in [0.15, 0.2) is 11.6 Å². The van der Waals surface area contributed by atoms with Gasteiger partial charge < -0.3 is 10.2 Å². The largest absolute Gasteiger partial charge is 0.417 e. The highest BCUT2D eigenvalue weighted by Crippen LogP contribution is 2.38. The fraction of sp³-hybridized carbons (Fsp3) is 0.348. The van der Waals surface area contributed by atoms with Crippen LogP contribution in [0.2, 0.25) is 0 Å². The molecule has 3 aliphatic rings. The Balaban J connectivity index is 1.38. The van der Waals surface area contributed by atoms with Crippen molar-refractivity contribution in [2.75, 3.05) is 11.9 Å². The number of hydrogen-bond donors (Lipinski definition) is 1. The number of rotatable bonds is 4. The Hall–Kier alpha value is -3.63. The maximum Gasteiger partial charge on any atom is 0.417 e. The minimum atomic E-state index is -4.45. The van der Waals surface area contributed by atoms with E-state index in [1.807, 2.05) is 0 Å². The van der Waals surface area contributed by atoms with Crippen molar-refractivity contribution in [3.05, 3.63) is 66.0 Å². The van der Waals surface area contributed by atoms with Crippen molar-refractivity contribution in [1.29, 1.82) is 0 Å². The van der Waals surface area contributed by atoms with Crippen molar-refractivity contribution in [3.8, 4) is 11.5 Å². The van der Waals surface area contributed by atoms with Crippen molar-refractivity contribution in [3.63, 3.8) is 0 Å². The number of amides is 1. The molecule has 2 aliphatic heterocycles. The number of anilines is 1. The standard InChI is InChI=1S/C23H20F4N6O/c24-15-10-30-21(31-11-15)20-16(2-1-7-28-20)22(34)33-12-13-3-5-18(33)17(8-13)32-19-6-4-14(9-29-19)23(25,26)27/h1-2,4,6-7,9-11,13,17-18H,3,5,8,12H2,(H,29,32)/t13-,17+,18-/m0/s1. The van der Waals surface area contributed by atoms with Gasteiger partial charge in [-0.15, -0.1) is 0 Å². The van der Waals surface area contributed by atoms with E-state index >= 15 is 0 Å². The second-order valence-corrected chi connectivity index (χ2v) is 8.51. The number of nitrogens with zero attached hydrogens (tertiary/aromatic N) is 5. The van der Waals surface area contributed by atoms with Crippen LogP contribution in [0.25, 0.3) is 11.5 Å². The molecule has 3 fully saturated rings. The Labute approximate surface area is 192 Å². The van der Waals surface area contributed by atoms with Gasteiger partial charge >= 0.3 is 6.18 Å². The summed E-state index contributed by atoms with van der Waals surface area (Å²) >= 11 is 0. The molecule has 1 aliphatic carbocycles. The minimum absolute atomic E-state index is 0.149. The second kappa shape index (κ2) is 8.62. The molecule has 0 radical (unpaired) electrons. The van der Waals surface area contributed by atoms with E-state index in [2.05, 4.69) is 25.3 Å². The highest BCUT2D eigenvalue weighted by Gasteiger charge is 2.43. The quantitative estimate of drug-likeness (QED) is 0.573. The van der Waals surface area contributed by atoms with E-state index in [0.29, 0.717) is 17.9 Å². The summed E-state index contributed by atoms with van der Waals surface area (Å²) in [5.41, 5.74) is -0.233. The third kappa shape index (κ3) is 4.29. The van der Waals surface area contributed by atoms with E-state index in [1.54, 1.807) is 17.0 Å². The Morgan fingerprint density at radius 1 is 1.03 bits per heavy atom. The summed E-state index contributed by atoms with van der Waals surface area (Å²) in [7, 11) is 0. The molecule has 7 nitrogen and oxygen atoms in total. The summed E-state index contributed by atoms with van der Waals surface area (Å²) < 4.78 is 51.8. The molecular weight excluding hydrogens is 452 g/mol. The maximum atomic E-state index is 13.6. The number of fused-ring (bicyclic) bond motifs is 3. The van der Waals surface area contributed by atoms with Crippen LogP contribution in [0.1, 0.15) is 35.2 Å². The molecule has 2 saturated heterocycles. The number of alkyl halides is 3. The van der Waals surface area contributed by atoms with Crippen molar-refractivity contribution >= 4 is 11.7 Å². The second-order valence-electron chi connectivity index (χ2n) is 8.51. The lowest BCUT2D eigenvalue weighted by Crippen LogP contribution is -2.59. The van der Waals surface area contributed by atoms with Crippen LogP contribution in [0.15, 0.2) is 49.1 Å². The van der Waals surface area contributed by atoms with E-state index in [-0.39, 0.29) is 35.4 Å². The normalized spacial score (nSPS) is 22.0. The van der Waals surface area contributed by atoms with Crippen molar-refractivity contribution < 1.29 is 22.4 Å². The lowest BCUT2D eigenvalue weighted by molar-refractivity contribution is -0.137. The summed E-state index contributed by atoms with van der Waals surface area (Å²) in [6.07, 6.45) is 2.42. The van der Waals surface area contributed by atoms with Crippen molar-refractivity contribution in [1.82, 2.24) is 24.8 Å². The third-order valence-corrected chi connectivity index (χ3v) is 6.33. The molecule has 2 bridgehead atoms. The SMILES string of the molecule is O=C(c1cccnc1-c1ncc(F)cn1)N1C[C@H]2CC[C@H]1[C@H](Nc1ccc(C(F)(F)F)cn1)C2. The average Bonchev–Trinajstić information content (AvgIpc) is 2.84. The average molecular weight is 472 g/mol. The minimum Gasteiger partial charge on any atom is -0.365 e. The number of pyridine rings is 2. The van der Waals surface area contributed by atoms with Crippen molar-refractivity contribution in [2.24, 2.45) is 5.92 Å². The molecule has 1 N–H and O–H groups in total. The van der Waals surface area contributed by atoms with Gasteiger partial charge in [-0.2, -0.15) is 13.2 Å². The molecule has 0 unspecified atom stereocenters. The topological polar surface area (TPSA) is 83.9 Å². The monoisotopic (exact) mass is 472 g/mol. The number of nitrogens with one attached hydrogen (secondary N) is 1. The van der Waals surface area contributed by atoms with Crippen LogP contribution in [0, 0.1) is 11.7 Å². The maximum absolute atomic E-state index is 13.6. The van der Waals surface area contributed by atoms with Gasteiger partial charge in [-0.3, -0.25) is 9.78 Å². The van der Waals surface area contributed by atoms with E-state index in [9.17, 15) is 22.4 Å². The number of piperidine rings is 2. The van der Waals surface area contributed by atoms with E-state index < -0.39 is 17.6 Å². The first-order chi connectivity index (χ1) is 16.3. The van der Waals surface area contributed by atoms with Gasteiger partial charge in [0.2, 0.25) is 0 Å². The molecule has 3 aromatic heterocycles. The van der Waals surface area contributed by atoms with Crippen LogP contribution in [-0.4, -0.2) is 49.4 Å². The van der Waals surface area contributed by atoms with Crippen LogP contribution < -0.4 is 5.32 Å². The number of aromatic nitrogens is 4. The van der Waals surface area contributed by atoms with Gasteiger partial charge in [-0.05, 0) is 49.4 Å². The van der Waals surface area contributed by atoms with E-state index in [4.69, 9.17) is 0 Å². The zero-order chi connectivity index (χ0) is 23.9. The van der Waals surface area contributed by atoms with Crippen LogP contribution in [0.4, 0.5) is 23.4 Å². The predicted molar refractivity (Wildman–Crippen MR) is 114 cm³/mol. The van der Waals surface area contributed by atoms with Gasteiger partial charge in [-0.1, -0.05) is 0 Å². The Bertz CT molecular complexity index is 1190. The number of halogens is 4. The third-order valence-electron chi connectivity index (χ3n) is 6.33.